The Hall–Kier alpha value is -2.15. The maximum Gasteiger partial charge on any atom is 0.307 e. The number of carbonyl (C=O) groups is 3. The molecule has 1 atom stereocenters. The predicted octanol–water partition coefficient (Wildman–Crippen LogP) is 12.0. The van der Waals surface area contributed by atoms with Crippen molar-refractivity contribution in [2.75, 3.05) is 33.9 Å². The summed E-state index contributed by atoms with van der Waals surface area (Å²) < 4.78 is 16.4. The van der Waals surface area contributed by atoms with E-state index in [-0.39, 0.29) is 37.5 Å². The number of nitrogens with zero attached hydrogens (tertiary/aromatic N) is 1. The predicted molar refractivity (Wildman–Crippen MR) is 214 cm³/mol. The number of rotatable bonds is 38. The lowest BCUT2D eigenvalue weighted by Gasteiger charge is -2.18. The highest BCUT2D eigenvalue weighted by molar-refractivity contribution is 5.71. The SMILES string of the molecule is CCCCCCCCC=CCCCCCCCC(=O)OCC(COC(=O)CCN(C)C)OC(=O)CCCCCCCC=CCCCCCCCC. The highest BCUT2D eigenvalue weighted by Crippen LogP contribution is 2.13. The van der Waals surface area contributed by atoms with E-state index in [2.05, 4.69) is 38.2 Å². The molecule has 0 aromatic rings. The Kier molecular flexibility index (Phi) is 37.4. The van der Waals surface area contributed by atoms with Gasteiger partial charge in [0.15, 0.2) is 6.10 Å². The molecule has 1 unspecified atom stereocenters. The van der Waals surface area contributed by atoms with E-state index in [1.807, 2.05) is 19.0 Å². The minimum atomic E-state index is -0.790. The third-order valence-electron chi connectivity index (χ3n) is 9.21. The molecule has 0 radical (unpaired) electrons. The lowest BCUT2D eigenvalue weighted by Crippen LogP contribution is -2.31. The van der Waals surface area contributed by atoms with Gasteiger partial charge in [0.1, 0.15) is 13.2 Å². The Morgan fingerprint density at radius 3 is 1.18 bits per heavy atom. The second-order valence-electron chi connectivity index (χ2n) is 14.7. The van der Waals surface area contributed by atoms with Gasteiger partial charge in [0, 0.05) is 19.4 Å². The molecule has 7 heteroatoms. The third kappa shape index (κ3) is 38.9. The van der Waals surface area contributed by atoms with Crippen LogP contribution in [-0.4, -0.2) is 62.8 Å². The van der Waals surface area contributed by atoms with Gasteiger partial charge < -0.3 is 19.1 Å². The van der Waals surface area contributed by atoms with Crippen LogP contribution in [0, 0.1) is 0 Å². The van der Waals surface area contributed by atoms with Crippen LogP contribution < -0.4 is 0 Å². The highest BCUT2D eigenvalue weighted by Gasteiger charge is 2.19. The summed E-state index contributed by atoms with van der Waals surface area (Å²) in [6, 6.07) is 0. The summed E-state index contributed by atoms with van der Waals surface area (Å²) in [7, 11) is 3.78. The van der Waals surface area contributed by atoms with Crippen molar-refractivity contribution in [3.05, 3.63) is 24.3 Å². The summed E-state index contributed by atoms with van der Waals surface area (Å²) in [5.41, 5.74) is 0. The molecule has 0 aliphatic carbocycles. The van der Waals surface area contributed by atoms with Crippen molar-refractivity contribution in [2.24, 2.45) is 0 Å². The van der Waals surface area contributed by atoms with Crippen LogP contribution in [-0.2, 0) is 28.6 Å². The first kappa shape index (κ1) is 48.9. The first-order chi connectivity index (χ1) is 24.9. The Morgan fingerprint density at radius 2 is 0.784 bits per heavy atom. The van der Waals surface area contributed by atoms with Crippen molar-refractivity contribution in [3.8, 4) is 0 Å². The first-order valence-corrected chi connectivity index (χ1v) is 21.3. The highest BCUT2D eigenvalue weighted by atomic mass is 16.6. The normalized spacial score (nSPS) is 12.3. The van der Waals surface area contributed by atoms with Crippen molar-refractivity contribution < 1.29 is 28.6 Å². The van der Waals surface area contributed by atoms with Gasteiger partial charge in [-0.05, 0) is 78.3 Å². The molecular formula is C44H81NO6. The molecule has 7 nitrogen and oxygen atoms in total. The summed E-state index contributed by atoms with van der Waals surface area (Å²) >= 11 is 0. The van der Waals surface area contributed by atoms with Gasteiger partial charge in [0.25, 0.3) is 0 Å². The molecule has 0 amide bonds. The Bertz CT molecular complexity index is 855. The van der Waals surface area contributed by atoms with Gasteiger partial charge >= 0.3 is 17.9 Å². The minimum absolute atomic E-state index is 0.0943. The molecule has 0 aromatic carbocycles. The maximum atomic E-state index is 12.6. The molecule has 0 spiro atoms. The molecule has 51 heavy (non-hydrogen) atoms. The molecule has 0 aliphatic heterocycles. The molecule has 0 saturated carbocycles. The lowest BCUT2D eigenvalue weighted by molar-refractivity contribution is -0.167. The number of unbranched alkanes of at least 4 members (excludes halogenated alkanes) is 22. The van der Waals surface area contributed by atoms with Crippen LogP contribution in [0.25, 0.3) is 0 Å². The average Bonchev–Trinajstić information content (AvgIpc) is 3.11. The lowest BCUT2D eigenvalue weighted by atomic mass is 10.1. The third-order valence-corrected chi connectivity index (χ3v) is 9.21. The smallest absolute Gasteiger partial charge is 0.307 e. The summed E-state index contributed by atoms with van der Waals surface area (Å²) in [6.07, 6.45) is 40.6. The first-order valence-electron chi connectivity index (χ1n) is 21.3. The minimum Gasteiger partial charge on any atom is -0.462 e. The fraction of sp³-hybridized carbons (Fsp3) is 0.841. The van der Waals surface area contributed by atoms with Crippen LogP contribution in [0.2, 0.25) is 0 Å². The molecule has 0 aliphatic rings. The number of ether oxygens (including phenoxy) is 3. The Balaban J connectivity index is 4.16. The molecule has 0 rings (SSSR count). The molecule has 298 valence electrons. The van der Waals surface area contributed by atoms with Crippen LogP contribution in [0.4, 0.5) is 0 Å². The van der Waals surface area contributed by atoms with E-state index in [4.69, 9.17) is 14.2 Å². The van der Waals surface area contributed by atoms with Crippen LogP contribution in [0.1, 0.15) is 200 Å². The van der Waals surface area contributed by atoms with Gasteiger partial charge in [-0.1, -0.05) is 141 Å². The average molecular weight is 720 g/mol. The number of carbonyl (C=O) groups excluding carboxylic acids is 3. The van der Waals surface area contributed by atoms with Crippen molar-refractivity contribution in [3.63, 3.8) is 0 Å². The number of esters is 3. The van der Waals surface area contributed by atoms with E-state index in [1.54, 1.807) is 0 Å². The zero-order valence-electron chi connectivity index (χ0n) is 33.9. The van der Waals surface area contributed by atoms with Crippen LogP contribution >= 0.6 is 0 Å². The van der Waals surface area contributed by atoms with Gasteiger partial charge in [-0.2, -0.15) is 0 Å². The molecule has 0 N–H and O–H groups in total. The second-order valence-corrected chi connectivity index (χ2v) is 14.7. The van der Waals surface area contributed by atoms with E-state index < -0.39 is 6.10 Å². The second kappa shape index (κ2) is 39.1. The van der Waals surface area contributed by atoms with Gasteiger partial charge in [-0.25, -0.2) is 0 Å². The number of hydrogen-bond donors (Lipinski definition) is 0. The summed E-state index contributed by atoms with van der Waals surface area (Å²) in [5, 5.41) is 0. The summed E-state index contributed by atoms with van der Waals surface area (Å²) in [6.45, 7) is 4.89. The van der Waals surface area contributed by atoms with Gasteiger partial charge in [0.05, 0.1) is 6.42 Å². The fourth-order valence-electron chi connectivity index (χ4n) is 5.87. The van der Waals surface area contributed by atoms with Crippen molar-refractivity contribution in [1.82, 2.24) is 4.90 Å². The number of allylic oxidation sites excluding steroid dienone is 4. The molecule has 0 fully saturated rings. The topological polar surface area (TPSA) is 82.1 Å². The monoisotopic (exact) mass is 720 g/mol. The van der Waals surface area contributed by atoms with Gasteiger partial charge in [0.2, 0.25) is 0 Å². The zero-order chi connectivity index (χ0) is 37.5. The van der Waals surface area contributed by atoms with Crippen molar-refractivity contribution in [2.45, 2.75) is 206 Å². The zero-order valence-corrected chi connectivity index (χ0v) is 33.9. The molecule has 0 aromatic heterocycles. The van der Waals surface area contributed by atoms with Crippen molar-refractivity contribution >= 4 is 17.9 Å². The van der Waals surface area contributed by atoms with E-state index in [1.165, 1.54) is 109 Å². The molecule has 0 saturated heterocycles. The van der Waals surface area contributed by atoms with E-state index >= 15 is 0 Å². The molecular weight excluding hydrogens is 638 g/mol. The number of hydrogen-bond acceptors (Lipinski definition) is 7. The largest absolute Gasteiger partial charge is 0.462 e. The Morgan fingerprint density at radius 1 is 0.451 bits per heavy atom. The standard InChI is InChI=1S/C44H81NO6/c1-5-7-9-11-13-15-17-19-21-23-25-27-29-31-33-35-42(46)49-39-41(40-50-43(47)37-38-45(3)4)51-44(48)36-34-32-30-28-26-24-22-20-18-16-14-12-10-8-6-2/h19-22,41H,5-18,23-40H2,1-4H3. The summed E-state index contributed by atoms with van der Waals surface area (Å²) in [5.74, 6) is -0.998. The van der Waals surface area contributed by atoms with Crippen LogP contribution in [0.3, 0.4) is 0 Å². The maximum absolute atomic E-state index is 12.6. The summed E-state index contributed by atoms with van der Waals surface area (Å²) in [4.78, 5) is 39.1. The fourth-order valence-corrected chi connectivity index (χ4v) is 5.87. The molecule has 0 heterocycles. The quantitative estimate of drug-likeness (QED) is 0.0272. The van der Waals surface area contributed by atoms with Crippen LogP contribution in [0.5, 0.6) is 0 Å². The molecule has 0 bridgehead atoms. The van der Waals surface area contributed by atoms with E-state index in [0.29, 0.717) is 19.4 Å². The van der Waals surface area contributed by atoms with Gasteiger partial charge in [-0.3, -0.25) is 14.4 Å². The van der Waals surface area contributed by atoms with Gasteiger partial charge in [-0.15, -0.1) is 0 Å². The van der Waals surface area contributed by atoms with Crippen molar-refractivity contribution in [1.29, 1.82) is 0 Å². The van der Waals surface area contributed by atoms with E-state index in [9.17, 15) is 14.4 Å². The van der Waals surface area contributed by atoms with Crippen LogP contribution in [0.15, 0.2) is 24.3 Å². The van der Waals surface area contributed by atoms with E-state index in [0.717, 1.165) is 57.8 Å². The Labute approximate surface area is 315 Å².